The molecule has 1 aromatic rings. The summed E-state index contributed by atoms with van der Waals surface area (Å²) in [5.41, 5.74) is 7.12. The minimum absolute atomic E-state index is 0.221. The van der Waals surface area contributed by atoms with Crippen molar-refractivity contribution in [3.63, 3.8) is 0 Å². The van der Waals surface area contributed by atoms with E-state index in [2.05, 4.69) is 5.32 Å². The molecule has 17 heavy (non-hydrogen) atoms. The van der Waals surface area contributed by atoms with Gasteiger partial charge < -0.3 is 25.6 Å². The van der Waals surface area contributed by atoms with Gasteiger partial charge in [-0.1, -0.05) is 0 Å². The first-order chi connectivity index (χ1) is 8.12. The molecule has 5 nitrogen and oxygen atoms in total. The summed E-state index contributed by atoms with van der Waals surface area (Å²) >= 11 is 0. The Kier molecular flexibility index (Phi) is 5.06. The Morgan fingerprint density at radius 2 is 1.94 bits per heavy atom. The smallest absolute Gasteiger partial charge is 0.142 e. The molecule has 0 radical (unpaired) electrons. The Morgan fingerprint density at radius 3 is 2.47 bits per heavy atom. The topological polar surface area (TPSA) is 76.7 Å². The molecule has 5 heteroatoms. The van der Waals surface area contributed by atoms with Crippen molar-refractivity contribution >= 4 is 5.69 Å². The molecule has 4 N–H and O–H groups in total. The summed E-state index contributed by atoms with van der Waals surface area (Å²) in [5.74, 6) is 1.49. The van der Waals surface area contributed by atoms with E-state index in [1.807, 2.05) is 19.1 Å². The standard InChI is InChI=1S/C12H20N2O3/c1-8-4-12(17-3)10(5-11(8)16-2)14-7-9(15)6-13/h4-5,9,14-15H,6-7,13H2,1-3H3. The predicted molar refractivity (Wildman–Crippen MR) is 67.8 cm³/mol. The SMILES string of the molecule is COc1cc(NCC(O)CN)c(OC)cc1C. The van der Waals surface area contributed by atoms with E-state index in [1.54, 1.807) is 14.2 Å². The Morgan fingerprint density at radius 1 is 1.29 bits per heavy atom. The van der Waals surface area contributed by atoms with Crippen LogP contribution in [0.15, 0.2) is 12.1 Å². The van der Waals surface area contributed by atoms with Gasteiger partial charge in [-0.25, -0.2) is 0 Å². The van der Waals surface area contributed by atoms with Gasteiger partial charge in [-0.05, 0) is 18.6 Å². The van der Waals surface area contributed by atoms with Gasteiger partial charge in [0.25, 0.3) is 0 Å². The van der Waals surface area contributed by atoms with Gasteiger partial charge in [0.15, 0.2) is 0 Å². The molecule has 0 fully saturated rings. The average molecular weight is 240 g/mol. The number of benzene rings is 1. The molecular formula is C12H20N2O3. The third-order valence-electron chi connectivity index (χ3n) is 2.52. The highest BCUT2D eigenvalue weighted by atomic mass is 16.5. The molecule has 0 aromatic heterocycles. The van der Waals surface area contributed by atoms with Gasteiger partial charge in [0.1, 0.15) is 11.5 Å². The first kappa shape index (κ1) is 13.6. The number of nitrogens with two attached hydrogens (primary N) is 1. The van der Waals surface area contributed by atoms with Crippen LogP contribution < -0.4 is 20.5 Å². The van der Waals surface area contributed by atoms with Gasteiger partial charge in [-0.3, -0.25) is 0 Å². The number of nitrogens with one attached hydrogen (secondary N) is 1. The third kappa shape index (κ3) is 3.51. The fourth-order valence-electron chi connectivity index (χ4n) is 1.50. The number of aliphatic hydroxyl groups is 1. The van der Waals surface area contributed by atoms with Crippen LogP contribution in [0.5, 0.6) is 11.5 Å². The Hall–Kier alpha value is -1.46. The molecule has 0 spiro atoms. The van der Waals surface area contributed by atoms with E-state index >= 15 is 0 Å². The van der Waals surface area contributed by atoms with E-state index in [0.29, 0.717) is 12.3 Å². The molecule has 0 amide bonds. The minimum atomic E-state index is -0.577. The highest BCUT2D eigenvalue weighted by Crippen LogP contribution is 2.32. The van der Waals surface area contributed by atoms with Crippen LogP contribution >= 0.6 is 0 Å². The summed E-state index contributed by atoms with van der Waals surface area (Å²) in [6.45, 7) is 2.54. The second-order valence-electron chi connectivity index (χ2n) is 3.79. The van der Waals surface area contributed by atoms with E-state index in [0.717, 1.165) is 17.0 Å². The maximum absolute atomic E-state index is 9.40. The van der Waals surface area contributed by atoms with Crippen LogP contribution in [0, 0.1) is 6.92 Å². The van der Waals surface area contributed by atoms with Crippen LogP contribution in [-0.4, -0.2) is 38.5 Å². The van der Waals surface area contributed by atoms with Gasteiger partial charge in [-0.2, -0.15) is 0 Å². The zero-order valence-electron chi connectivity index (χ0n) is 10.5. The van der Waals surface area contributed by atoms with Crippen molar-refractivity contribution in [3.8, 4) is 11.5 Å². The van der Waals surface area contributed by atoms with Gasteiger partial charge in [0, 0.05) is 19.2 Å². The summed E-state index contributed by atoms with van der Waals surface area (Å²) < 4.78 is 10.5. The zero-order chi connectivity index (χ0) is 12.8. The van der Waals surface area contributed by atoms with Gasteiger partial charge in [0.2, 0.25) is 0 Å². The van der Waals surface area contributed by atoms with E-state index < -0.39 is 6.10 Å². The molecule has 0 aliphatic carbocycles. The van der Waals surface area contributed by atoms with Crippen molar-refractivity contribution in [2.75, 3.05) is 32.6 Å². The second kappa shape index (κ2) is 6.32. The quantitative estimate of drug-likeness (QED) is 0.684. The average Bonchev–Trinajstić information content (AvgIpc) is 2.36. The van der Waals surface area contributed by atoms with Crippen molar-refractivity contribution in [2.24, 2.45) is 5.73 Å². The second-order valence-corrected chi connectivity index (χ2v) is 3.79. The van der Waals surface area contributed by atoms with Crippen molar-refractivity contribution in [1.29, 1.82) is 0 Å². The molecule has 1 atom stereocenters. The predicted octanol–water partition coefficient (Wildman–Crippen LogP) is 0.744. The molecule has 1 unspecified atom stereocenters. The van der Waals surface area contributed by atoms with Crippen LogP contribution in [0.4, 0.5) is 5.69 Å². The first-order valence-corrected chi connectivity index (χ1v) is 5.47. The highest BCUT2D eigenvalue weighted by Gasteiger charge is 2.09. The van der Waals surface area contributed by atoms with Gasteiger partial charge in [-0.15, -0.1) is 0 Å². The van der Waals surface area contributed by atoms with Crippen LogP contribution in [0.1, 0.15) is 5.56 Å². The number of rotatable bonds is 6. The number of aliphatic hydroxyl groups excluding tert-OH is 1. The number of aryl methyl sites for hydroxylation is 1. The molecule has 0 saturated carbocycles. The Balaban J connectivity index is 2.88. The number of methoxy groups -OCH3 is 2. The molecule has 0 bridgehead atoms. The van der Waals surface area contributed by atoms with Crippen molar-refractivity contribution in [1.82, 2.24) is 0 Å². The number of hydrogen-bond donors (Lipinski definition) is 3. The lowest BCUT2D eigenvalue weighted by molar-refractivity contribution is 0.196. The normalized spacial score (nSPS) is 12.1. The highest BCUT2D eigenvalue weighted by molar-refractivity contribution is 5.62. The Labute approximate surface area is 102 Å². The molecule has 0 aliphatic heterocycles. The number of hydrogen-bond acceptors (Lipinski definition) is 5. The van der Waals surface area contributed by atoms with Crippen LogP contribution in [0.3, 0.4) is 0 Å². The maximum atomic E-state index is 9.40. The summed E-state index contributed by atoms with van der Waals surface area (Å²) in [7, 11) is 3.22. The van der Waals surface area contributed by atoms with Crippen LogP contribution in [-0.2, 0) is 0 Å². The summed E-state index contributed by atoms with van der Waals surface area (Å²) in [6, 6.07) is 3.73. The molecule has 0 heterocycles. The van der Waals surface area contributed by atoms with E-state index in [9.17, 15) is 5.11 Å². The van der Waals surface area contributed by atoms with E-state index in [-0.39, 0.29) is 6.54 Å². The lowest BCUT2D eigenvalue weighted by Gasteiger charge is -2.16. The van der Waals surface area contributed by atoms with Crippen molar-refractivity contribution < 1.29 is 14.6 Å². The monoisotopic (exact) mass is 240 g/mol. The molecular weight excluding hydrogens is 220 g/mol. The minimum Gasteiger partial charge on any atom is -0.496 e. The lowest BCUT2D eigenvalue weighted by Crippen LogP contribution is -2.27. The maximum Gasteiger partial charge on any atom is 0.142 e. The number of ether oxygens (including phenoxy) is 2. The summed E-state index contributed by atoms with van der Waals surface area (Å²) in [6.07, 6.45) is -0.577. The van der Waals surface area contributed by atoms with Crippen molar-refractivity contribution in [2.45, 2.75) is 13.0 Å². The van der Waals surface area contributed by atoms with Gasteiger partial charge >= 0.3 is 0 Å². The van der Waals surface area contributed by atoms with Crippen molar-refractivity contribution in [3.05, 3.63) is 17.7 Å². The largest absolute Gasteiger partial charge is 0.496 e. The molecule has 1 rings (SSSR count). The summed E-state index contributed by atoms with van der Waals surface area (Å²) in [5, 5.41) is 12.5. The third-order valence-corrected chi connectivity index (χ3v) is 2.52. The molecule has 1 aromatic carbocycles. The fraction of sp³-hybridized carbons (Fsp3) is 0.500. The Bertz CT molecular complexity index is 369. The molecule has 0 aliphatic rings. The lowest BCUT2D eigenvalue weighted by atomic mass is 10.1. The van der Waals surface area contributed by atoms with Crippen LogP contribution in [0.2, 0.25) is 0 Å². The van der Waals surface area contributed by atoms with Crippen LogP contribution in [0.25, 0.3) is 0 Å². The zero-order valence-corrected chi connectivity index (χ0v) is 10.5. The molecule has 0 saturated heterocycles. The summed E-state index contributed by atoms with van der Waals surface area (Å²) in [4.78, 5) is 0. The van der Waals surface area contributed by atoms with E-state index in [4.69, 9.17) is 15.2 Å². The fourth-order valence-corrected chi connectivity index (χ4v) is 1.50. The van der Waals surface area contributed by atoms with E-state index in [1.165, 1.54) is 0 Å². The molecule has 96 valence electrons. The number of anilines is 1. The van der Waals surface area contributed by atoms with Gasteiger partial charge in [0.05, 0.1) is 26.0 Å². The first-order valence-electron chi connectivity index (χ1n) is 5.47.